The number of alkyl halides is 3. The molecular weight excluding hydrogens is 275 g/mol. The normalized spacial score (nSPS) is 30.0. The third kappa shape index (κ3) is 4.61. The summed E-state index contributed by atoms with van der Waals surface area (Å²) in [6.07, 6.45) is 4.58. The van der Waals surface area contributed by atoms with E-state index in [0.717, 1.165) is 25.8 Å². The molecule has 2 aliphatic rings. The maximum Gasteiger partial charge on any atom is 0.393 e. The van der Waals surface area contributed by atoms with Gasteiger partial charge in [-0.3, -0.25) is 0 Å². The smallest absolute Gasteiger partial charge is 0.313 e. The molecule has 0 aliphatic heterocycles. The lowest BCUT2D eigenvalue weighted by Gasteiger charge is -2.38. The summed E-state index contributed by atoms with van der Waals surface area (Å²) >= 11 is 0. The molecule has 2 saturated carbocycles. The highest BCUT2D eigenvalue weighted by molar-refractivity contribution is 4.91. The van der Waals surface area contributed by atoms with Crippen LogP contribution in [0.2, 0.25) is 0 Å². The maximum absolute atomic E-state index is 13.2. The third-order valence-corrected chi connectivity index (χ3v) is 5.43. The molecule has 2 unspecified atom stereocenters. The Morgan fingerprint density at radius 1 is 1.05 bits per heavy atom. The standard InChI is InChI=1S/C17H30F3N/c1-13(2)11-16(9-5-6-10-16)12-21-15-8-4-3-7-14(15)17(18,19)20/h13-15,21H,3-12H2,1-2H3. The first kappa shape index (κ1) is 17.1. The molecule has 2 fully saturated rings. The lowest BCUT2D eigenvalue weighted by molar-refractivity contribution is -0.189. The summed E-state index contributed by atoms with van der Waals surface area (Å²) in [4.78, 5) is 0. The number of hydrogen-bond donors (Lipinski definition) is 1. The Morgan fingerprint density at radius 2 is 1.67 bits per heavy atom. The molecule has 124 valence electrons. The first-order chi connectivity index (χ1) is 9.82. The molecule has 1 N–H and O–H groups in total. The van der Waals surface area contributed by atoms with Crippen molar-refractivity contribution in [3.8, 4) is 0 Å². The fourth-order valence-corrected chi connectivity index (χ4v) is 4.56. The van der Waals surface area contributed by atoms with E-state index >= 15 is 0 Å². The Balaban J connectivity index is 1.95. The Labute approximate surface area is 127 Å². The average Bonchev–Trinajstić information content (AvgIpc) is 2.84. The van der Waals surface area contributed by atoms with E-state index in [1.54, 1.807) is 0 Å². The van der Waals surface area contributed by atoms with Crippen LogP contribution < -0.4 is 5.32 Å². The summed E-state index contributed by atoms with van der Waals surface area (Å²) in [5.41, 5.74) is 0.252. The molecule has 0 aromatic heterocycles. The van der Waals surface area contributed by atoms with Gasteiger partial charge in [0.05, 0.1) is 5.92 Å². The van der Waals surface area contributed by atoms with Gasteiger partial charge in [-0.1, -0.05) is 39.5 Å². The van der Waals surface area contributed by atoms with Crippen molar-refractivity contribution in [2.45, 2.75) is 83.9 Å². The summed E-state index contributed by atoms with van der Waals surface area (Å²) in [6.45, 7) is 5.22. The molecule has 0 radical (unpaired) electrons. The fourth-order valence-electron chi connectivity index (χ4n) is 4.56. The minimum atomic E-state index is -4.04. The number of nitrogens with one attached hydrogen (secondary N) is 1. The molecule has 21 heavy (non-hydrogen) atoms. The van der Waals surface area contributed by atoms with Crippen LogP contribution in [-0.4, -0.2) is 18.8 Å². The van der Waals surface area contributed by atoms with Gasteiger partial charge in [0.1, 0.15) is 0 Å². The quantitative estimate of drug-likeness (QED) is 0.726. The predicted molar refractivity (Wildman–Crippen MR) is 80.2 cm³/mol. The Bertz CT molecular complexity index is 318. The van der Waals surface area contributed by atoms with Crippen LogP contribution in [-0.2, 0) is 0 Å². The number of hydrogen-bond acceptors (Lipinski definition) is 1. The van der Waals surface area contributed by atoms with Gasteiger partial charge in [-0.05, 0) is 43.4 Å². The van der Waals surface area contributed by atoms with Gasteiger partial charge < -0.3 is 5.32 Å². The largest absolute Gasteiger partial charge is 0.393 e. The minimum Gasteiger partial charge on any atom is -0.313 e. The molecule has 0 saturated heterocycles. The SMILES string of the molecule is CC(C)CC1(CNC2CCCCC2C(F)(F)F)CCCC1. The van der Waals surface area contributed by atoms with Crippen molar-refractivity contribution in [3.63, 3.8) is 0 Å². The predicted octanol–water partition coefficient (Wildman–Crippen LogP) is 5.30. The fraction of sp³-hybridized carbons (Fsp3) is 1.00. The Kier molecular flexibility index (Phi) is 5.61. The molecule has 1 nitrogen and oxygen atoms in total. The van der Waals surface area contributed by atoms with Crippen LogP contribution in [0.4, 0.5) is 13.2 Å². The highest BCUT2D eigenvalue weighted by Crippen LogP contribution is 2.44. The topological polar surface area (TPSA) is 12.0 Å². The van der Waals surface area contributed by atoms with Crippen molar-refractivity contribution < 1.29 is 13.2 Å². The van der Waals surface area contributed by atoms with Crippen molar-refractivity contribution >= 4 is 0 Å². The minimum absolute atomic E-state index is 0.252. The summed E-state index contributed by atoms with van der Waals surface area (Å²) in [5.74, 6) is -0.515. The van der Waals surface area contributed by atoms with Gasteiger partial charge in [-0.25, -0.2) is 0 Å². The van der Waals surface area contributed by atoms with Crippen molar-refractivity contribution in [2.24, 2.45) is 17.3 Å². The van der Waals surface area contributed by atoms with Crippen molar-refractivity contribution in [1.29, 1.82) is 0 Å². The molecule has 0 bridgehead atoms. The second kappa shape index (κ2) is 6.89. The van der Waals surface area contributed by atoms with Crippen molar-refractivity contribution in [1.82, 2.24) is 5.32 Å². The second-order valence-corrected chi connectivity index (χ2v) is 7.73. The van der Waals surface area contributed by atoms with Gasteiger partial charge in [-0.15, -0.1) is 0 Å². The van der Waals surface area contributed by atoms with Crippen LogP contribution >= 0.6 is 0 Å². The van der Waals surface area contributed by atoms with E-state index < -0.39 is 12.1 Å². The molecule has 0 amide bonds. The van der Waals surface area contributed by atoms with E-state index in [2.05, 4.69) is 19.2 Å². The van der Waals surface area contributed by atoms with Crippen molar-refractivity contribution in [2.75, 3.05) is 6.54 Å². The van der Waals surface area contributed by atoms with Gasteiger partial charge in [0.2, 0.25) is 0 Å². The lowest BCUT2D eigenvalue weighted by atomic mass is 9.77. The van der Waals surface area contributed by atoms with E-state index in [0.29, 0.717) is 18.8 Å². The average molecular weight is 305 g/mol. The molecule has 2 aliphatic carbocycles. The van der Waals surface area contributed by atoms with E-state index in [4.69, 9.17) is 0 Å². The highest BCUT2D eigenvalue weighted by atomic mass is 19.4. The lowest BCUT2D eigenvalue weighted by Crippen LogP contribution is -2.48. The first-order valence-corrected chi connectivity index (χ1v) is 8.62. The van der Waals surface area contributed by atoms with E-state index in [1.807, 2.05) is 0 Å². The molecular formula is C17H30F3N. The second-order valence-electron chi connectivity index (χ2n) is 7.73. The summed E-state index contributed by atoms with van der Waals surface area (Å²) < 4.78 is 39.5. The number of rotatable bonds is 5. The van der Waals surface area contributed by atoms with Crippen LogP contribution in [0.3, 0.4) is 0 Å². The van der Waals surface area contributed by atoms with Crippen LogP contribution in [0.1, 0.15) is 71.6 Å². The van der Waals surface area contributed by atoms with Crippen molar-refractivity contribution in [3.05, 3.63) is 0 Å². The highest BCUT2D eigenvalue weighted by Gasteiger charge is 2.46. The summed E-state index contributed by atoms with van der Waals surface area (Å²) in [6, 6.07) is -0.358. The first-order valence-electron chi connectivity index (χ1n) is 8.62. The molecule has 2 rings (SSSR count). The van der Waals surface area contributed by atoms with Gasteiger partial charge in [0.25, 0.3) is 0 Å². The van der Waals surface area contributed by atoms with Crippen LogP contribution in [0.5, 0.6) is 0 Å². The van der Waals surface area contributed by atoms with Crippen LogP contribution in [0.25, 0.3) is 0 Å². The maximum atomic E-state index is 13.2. The number of halogens is 3. The molecule has 0 spiro atoms. The summed E-state index contributed by atoms with van der Waals surface area (Å²) in [5, 5.41) is 3.35. The molecule has 0 heterocycles. The molecule has 0 aromatic carbocycles. The third-order valence-electron chi connectivity index (χ3n) is 5.43. The van der Waals surface area contributed by atoms with Gasteiger partial charge in [-0.2, -0.15) is 13.2 Å². The zero-order valence-electron chi connectivity index (χ0n) is 13.4. The molecule has 4 heteroatoms. The molecule has 2 atom stereocenters. The van der Waals surface area contributed by atoms with E-state index in [-0.39, 0.29) is 11.5 Å². The Hall–Kier alpha value is -0.250. The van der Waals surface area contributed by atoms with E-state index in [9.17, 15) is 13.2 Å². The summed E-state index contributed by atoms with van der Waals surface area (Å²) in [7, 11) is 0. The van der Waals surface area contributed by atoms with Gasteiger partial charge in [0, 0.05) is 12.6 Å². The van der Waals surface area contributed by atoms with Gasteiger partial charge >= 0.3 is 6.18 Å². The van der Waals surface area contributed by atoms with Gasteiger partial charge in [0.15, 0.2) is 0 Å². The Morgan fingerprint density at radius 3 is 2.24 bits per heavy atom. The molecule has 0 aromatic rings. The van der Waals surface area contributed by atoms with Crippen LogP contribution in [0, 0.1) is 17.3 Å². The zero-order chi connectivity index (χ0) is 15.5. The monoisotopic (exact) mass is 305 g/mol. The van der Waals surface area contributed by atoms with E-state index in [1.165, 1.54) is 25.7 Å². The zero-order valence-corrected chi connectivity index (χ0v) is 13.4. The van der Waals surface area contributed by atoms with Crippen LogP contribution in [0.15, 0.2) is 0 Å².